The SMILES string of the molecule is CCCS(=O)(=O)Nc1cccc(C(=O)N(Cc2cccc(C)c2)C2CC2)c1. The second kappa shape index (κ2) is 8.13. The summed E-state index contributed by atoms with van der Waals surface area (Å²) >= 11 is 0. The van der Waals surface area contributed by atoms with E-state index in [-0.39, 0.29) is 17.7 Å². The van der Waals surface area contributed by atoms with Gasteiger partial charge in [-0.25, -0.2) is 8.42 Å². The van der Waals surface area contributed by atoms with Crippen molar-refractivity contribution < 1.29 is 13.2 Å². The van der Waals surface area contributed by atoms with Gasteiger partial charge in [0.25, 0.3) is 5.91 Å². The van der Waals surface area contributed by atoms with Gasteiger partial charge in [-0.3, -0.25) is 9.52 Å². The van der Waals surface area contributed by atoms with Crippen LogP contribution >= 0.6 is 0 Å². The van der Waals surface area contributed by atoms with E-state index in [0.717, 1.165) is 18.4 Å². The summed E-state index contributed by atoms with van der Waals surface area (Å²) in [7, 11) is -3.38. The minimum atomic E-state index is -3.38. The van der Waals surface area contributed by atoms with Crippen LogP contribution in [0.1, 0.15) is 47.7 Å². The summed E-state index contributed by atoms with van der Waals surface area (Å²) in [5, 5.41) is 0. The second-order valence-electron chi connectivity index (χ2n) is 7.16. The Hall–Kier alpha value is -2.34. The molecule has 1 N–H and O–H groups in total. The molecule has 0 bridgehead atoms. The number of nitrogens with zero attached hydrogens (tertiary/aromatic N) is 1. The molecule has 1 fully saturated rings. The highest BCUT2D eigenvalue weighted by atomic mass is 32.2. The van der Waals surface area contributed by atoms with Crippen LogP contribution < -0.4 is 4.72 Å². The van der Waals surface area contributed by atoms with Crippen LogP contribution in [0.15, 0.2) is 48.5 Å². The number of anilines is 1. The molecule has 0 heterocycles. The summed E-state index contributed by atoms with van der Waals surface area (Å²) in [4.78, 5) is 15.0. The third-order valence-corrected chi connectivity index (χ3v) is 6.03. The lowest BCUT2D eigenvalue weighted by atomic mass is 10.1. The van der Waals surface area contributed by atoms with Crippen LogP contribution in [-0.2, 0) is 16.6 Å². The Morgan fingerprint density at radius 2 is 1.89 bits per heavy atom. The molecule has 0 aromatic heterocycles. The van der Waals surface area contributed by atoms with E-state index in [2.05, 4.69) is 10.8 Å². The minimum Gasteiger partial charge on any atom is -0.331 e. The molecule has 0 spiro atoms. The fourth-order valence-corrected chi connectivity index (χ4v) is 4.27. The number of carbonyl (C=O) groups is 1. The van der Waals surface area contributed by atoms with Gasteiger partial charge >= 0.3 is 0 Å². The molecule has 144 valence electrons. The Kier molecular flexibility index (Phi) is 5.85. The molecule has 0 saturated heterocycles. The number of aryl methyl sites for hydroxylation is 1. The summed E-state index contributed by atoms with van der Waals surface area (Å²) in [5.41, 5.74) is 3.21. The first kappa shape index (κ1) is 19.4. The fraction of sp³-hybridized carbons (Fsp3) is 0.381. The van der Waals surface area contributed by atoms with Crippen molar-refractivity contribution in [2.75, 3.05) is 10.5 Å². The smallest absolute Gasteiger partial charge is 0.254 e. The zero-order valence-electron chi connectivity index (χ0n) is 15.8. The largest absolute Gasteiger partial charge is 0.331 e. The molecule has 0 atom stereocenters. The van der Waals surface area contributed by atoms with Gasteiger partial charge in [0, 0.05) is 23.8 Å². The Morgan fingerprint density at radius 1 is 1.15 bits per heavy atom. The van der Waals surface area contributed by atoms with E-state index < -0.39 is 10.0 Å². The van der Waals surface area contributed by atoms with Crippen molar-refractivity contribution in [1.82, 2.24) is 4.90 Å². The molecule has 1 saturated carbocycles. The van der Waals surface area contributed by atoms with Gasteiger partial charge in [0.2, 0.25) is 10.0 Å². The number of nitrogens with one attached hydrogen (secondary N) is 1. The molecule has 2 aromatic rings. The van der Waals surface area contributed by atoms with E-state index >= 15 is 0 Å². The second-order valence-corrected chi connectivity index (χ2v) is 9.00. The first-order valence-corrected chi connectivity index (χ1v) is 11.0. The van der Waals surface area contributed by atoms with Crippen LogP contribution in [0.3, 0.4) is 0 Å². The van der Waals surface area contributed by atoms with E-state index in [0.29, 0.717) is 24.2 Å². The number of amides is 1. The normalized spacial score (nSPS) is 14.0. The molecule has 1 aliphatic rings. The quantitative estimate of drug-likeness (QED) is 0.747. The molecule has 3 rings (SSSR count). The number of hydrogen-bond acceptors (Lipinski definition) is 3. The standard InChI is InChI=1S/C21H26N2O3S/c1-3-12-27(25,26)22-19-9-5-8-18(14-19)21(24)23(20-10-11-20)15-17-7-4-6-16(2)13-17/h4-9,13-14,20,22H,3,10-12,15H2,1-2H3. The van der Waals surface area contributed by atoms with Gasteiger partial charge in [-0.15, -0.1) is 0 Å². The molecular weight excluding hydrogens is 360 g/mol. The first-order chi connectivity index (χ1) is 12.9. The highest BCUT2D eigenvalue weighted by molar-refractivity contribution is 7.92. The van der Waals surface area contributed by atoms with Crippen LogP contribution in [0.25, 0.3) is 0 Å². The third-order valence-electron chi connectivity index (χ3n) is 4.54. The van der Waals surface area contributed by atoms with Crippen LogP contribution in [-0.4, -0.2) is 31.0 Å². The maximum atomic E-state index is 13.1. The number of benzene rings is 2. The van der Waals surface area contributed by atoms with Gasteiger partial charge in [-0.1, -0.05) is 42.8 Å². The minimum absolute atomic E-state index is 0.0597. The lowest BCUT2D eigenvalue weighted by Gasteiger charge is -2.23. The molecule has 2 aromatic carbocycles. The highest BCUT2D eigenvalue weighted by Gasteiger charge is 2.33. The van der Waals surface area contributed by atoms with Gasteiger partial charge in [0.1, 0.15) is 0 Å². The molecule has 5 nitrogen and oxygen atoms in total. The van der Waals surface area contributed by atoms with Gasteiger partial charge in [0.05, 0.1) is 5.75 Å². The van der Waals surface area contributed by atoms with Gasteiger partial charge in [0.15, 0.2) is 0 Å². The average Bonchev–Trinajstić information content (AvgIpc) is 3.44. The Bertz CT molecular complexity index is 921. The predicted molar refractivity (Wildman–Crippen MR) is 108 cm³/mol. The Labute approximate surface area is 161 Å². The van der Waals surface area contributed by atoms with Crippen molar-refractivity contribution in [3.63, 3.8) is 0 Å². The van der Waals surface area contributed by atoms with Crippen LogP contribution in [0.4, 0.5) is 5.69 Å². The first-order valence-electron chi connectivity index (χ1n) is 9.35. The number of carbonyl (C=O) groups excluding carboxylic acids is 1. The Balaban J connectivity index is 1.79. The van der Waals surface area contributed by atoms with E-state index in [1.807, 2.05) is 36.9 Å². The number of rotatable bonds is 8. The lowest BCUT2D eigenvalue weighted by Crippen LogP contribution is -2.32. The van der Waals surface area contributed by atoms with Gasteiger partial charge in [-0.05, 0) is 49.9 Å². The number of hydrogen-bond donors (Lipinski definition) is 1. The molecule has 6 heteroatoms. The topological polar surface area (TPSA) is 66.5 Å². The number of sulfonamides is 1. The van der Waals surface area contributed by atoms with Crippen molar-refractivity contribution in [3.8, 4) is 0 Å². The van der Waals surface area contributed by atoms with Crippen LogP contribution in [0, 0.1) is 6.92 Å². The average molecular weight is 387 g/mol. The van der Waals surface area contributed by atoms with Gasteiger partial charge in [-0.2, -0.15) is 0 Å². The Morgan fingerprint density at radius 3 is 2.56 bits per heavy atom. The summed E-state index contributed by atoms with van der Waals surface area (Å²) in [6.07, 6.45) is 2.57. The monoisotopic (exact) mass is 386 g/mol. The summed E-state index contributed by atoms with van der Waals surface area (Å²) in [5.74, 6) is 0.00255. The summed E-state index contributed by atoms with van der Waals surface area (Å²) in [6.45, 7) is 4.42. The summed E-state index contributed by atoms with van der Waals surface area (Å²) < 4.78 is 26.6. The molecule has 0 aliphatic heterocycles. The lowest BCUT2D eigenvalue weighted by molar-refractivity contribution is 0.0730. The van der Waals surface area contributed by atoms with Crippen molar-refractivity contribution in [2.45, 2.75) is 45.7 Å². The van der Waals surface area contributed by atoms with E-state index in [9.17, 15) is 13.2 Å². The van der Waals surface area contributed by atoms with Crippen molar-refractivity contribution in [3.05, 3.63) is 65.2 Å². The zero-order chi connectivity index (χ0) is 19.4. The van der Waals surface area contributed by atoms with Gasteiger partial charge < -0.3 is 4.90 Å². The predicted octanol–water partition coefficient (Wildman–Crippen LogP) is 3.95. The van der Waals surface area contributed by atoms with E-state index in [4.69, 9.17) is 0 Å². The van der Waals surface area contributed by atoms with Crippen molar-refractivity contribution >= 4 is 21.6 Å². The molecule has 1 aliphatic carbocycles. The molecule has 0 radical (unpaired) electrons. The molecular formula is C21H26N2O3S. The zero-order valence-corrected chi connectivity index (χ0v) is 16.6. The van der Waals surface area contributed by atoms with Crippen molar-refractivity contribution in [2.24, 2.45) is 0 Å². The maximum Gasteiger partial charge on any atom is 0.254 e. The molecule has 0 unspecified atom stereocenters. The van der Waals surface area contributed by atoms with Crippen LogP contribution in [0.2, 0.25) is 0 Å². The van der Waals surface area contributed by atoms with Crippen LogP contribution in [0.5, 0.6) is 0 Å². The fourth-order valence-electron chi connectivity index (χ4n) is 3.14. The summed E-state index contributed by atoms with van der Waals surface area (Å²) in [6, 6.07) is 15.2. The van der Waals surface area contributed by atoms with E-state index in [1.165, 1.54) is 5.56 Å². The third kappa shape index (κ3) is 5.32. The highest BCUT2D eigenvalue weighted by Crippen LogP contribution is 2.30. The van der Waals surface area contributed by atoms with E-state index in [1.54, 1.807) is 24.3 Å². The molecule has 27 heavy (non-hydrogen) atoms. The maximum absolute atomic E-state index is 13.1. The van der Waals surface area contributed by atoms with Crippen molar-refractivity contribution in [1.29, 1.82) is 0 Å². The molecule has 1 amide bonds.